The summed E-state index contributed by atoms with van der Waals surface area (Å²) in [5.41, 5.74) is 12.2. The van der Waals surface area contributed by atoms with Gasteiger partial charge < -0.3 is 25.8 Å². The van der Waals surface area contributed by atoms with Gasteiger partial charge in [-0.2, -0.15) is 0 Å². The number of ether oxygens (including phenoxy) is 2. The van der Waals surface area contributed by atoms with Gasteiger partial charge in [0.2, 0.25) is 0 Å². The van der Waals surface area contributed by atoms with Crippen molar-refractivity contribution in [1.82, 2.24) is 4.90 Å². The van der Waals surface area contributed by atoms with Gasteiger partial charge in [-0.3, -0.25) is 4.79 Å². The molecule has 7 heteroatoms. The molecule has 0 radical (unpaired) electrons. The summed E-state index contributed by atoms with van der Waals surface area (Å²) in [6.07, 6.45) is -0.868. The monoisotopic (exact) mass is 293 g/mol. The molecule has 1 aromatic carbocycles. The second kappa shape index (κ2) is 6.45. The molecule has 0 aromatic heterocycles. The van der Waals surface area contributed by atoms with Crippen LogP contribution in [0.4, 0.5) is 11.4 Å². The second-order valence-corrected chi connectivity index (χ2v) is 4.83. The van der Waals surface area contributed by atoms with Crippen molar-refractivity contribution in [2.24, 2.45) is 0 Å². The average Bonchev–Trinajstić information content (AvgIpc) is 2.47. The van der Waals surface area contributed by atoms with E-state index in [2.05, 4.69) is 0 Å². The number of rotatable bonds is 3. The van der Waals surface area contributed by atoms with Crippen molar-refractivity contribution in [2.45, 2.75) is 13.0 Å². The number of nitrogens with zero attached hydrogens (tertiary/aromatic N) is 1. The fourth-order valence-electron chi connectivity index (χ4n) is 2.08. The largest absolute Gasteiger partial charge is 0.449 e. The predicted octanol–water partition coefficient (Wildman–Crippen LogP) is 0.255. The smallest absolute Gasteiger partial charge is 0.341 e. The number of carbonyl (C=O) groups is 2. The summed E-state index contributed by atoms with van der Waals surface area (Å²) in [5.74, 6) is -0.873. The fraction of sp³-hybridized carbons (Fsp3) is 0.429. The van der Waals surface area contributed by atoms with Gasteiger partial charge in [0.1, 0.15) is 0 Å². The number of amides is 1. The Morgan fingerprint density at radius 2 is 1.95 bits per heavy atom. The average molecular weight is 293 g/mol. The van der Waals surface area contributed by atoms with Gasteiger partial charge in [0, 0.05) is 24.5 Å². The first-order chi connectivity index (χ1) is 9.99. The molecule has 0 aliphatic carbocycles. The van der Waals surface area contributed by atoms with Crippen molar-refractivity contribution in [3.05, 3.63) is 23.8 Å². The Balaban J connectivity index is 1.99. The molecule has 1 saturated heterocycles. The molecule has 7 nitrogen and oxygen atoms in total. The van der Waals surface area contributed by atoms with Crippen LogP contribution < -0.4 is 11.5 Å². The number of hydrogen-bond donors (Lipinski definition) is 2. The molecule has 1 unspecified atom stereocenters. The van der Waals surface area contributed by atoms with Crippen LogP contribution in [0.2, 0.25) is 0 Å². The van der Waals surface area contributed by atoms with Gasteiger partial charge in [-0.25, -0.2) is 4.79 Å². The number of nitrogen functional groups attached to an aromatic ring is 2. The quantitative estimate of drug-likeness (QED) is 0.611. The molecule has 4 N–H and O–H groups in total. The Labute approximate surface area is 122 Å². The molecule has 1 aliphatic rings. The molecule has 114 valence electrons. The van der Waals surface area contributed by atoms with E-state index >= 15 is 0 Å². The van der Waals surface area contributed by atoms with E-state index in [-0.39, 0.29) is 17.2 Å². The van der Waals surface area contributed by atoms with Crippen molar-refractivity contribution in [3.8, 4) is 0 Å². The van der Waals surface area contributed by atoms with Crippen LogP contribution >= 0.6 is 0 Å². The van der Waals surface area contributed by atoms with E-state index in [0.29, 0.717) is 32.0 Å². The Morgan fingerprint density at radius 1 is 1.29 bits per heavy atom. The number of morpholine rings is 1. The number of nitrogens with two attached hydrogens (primary N) is 2. The van der Waals surface area contributed by atoms with E-state index in [0.717, 1.165) is 0 Å². The van der Waals surface area contributed by atoms with E-state index in [1.807, 2.05) is 0 Å². The minimum absolute atomic E-state index is 0.200. The van der Waals surface area contributed by atoms with Crippen LogP contribution in [-0.4, -0.2) is 49.2 Å². The number of anilines is 2. The van der Waals surface area contributed by atoms with Crippen molar-refractivity contribution in [3.63, 3.8) is 0 Å². The van der Waals surface area contributed by atoms with Crippen LogP contribution in [-0.2, 0) is 14.3 Å². The summed E-state index contributed by atoms with van der Waals surface area (Å²) in [5, 5.41) is 0. The van der Waals surface area contributed by atoms with Crippen LogP contribution in [0.3, 0.4) is 0 Å². The summed E-state index contributed by atoms with van der Waals surface area (Å²) < 4.78 is 10.4. The molecule has 1 aromatic rings. The van der Waals surface area contributed by atoms with Gasteiger partial charge in [-0.05, 0) is 25.1 Å². The molecule has 1 amide bonds. The Morgan fingerprint density at radius 3 is 2.57 bits per heavy atom. The zero-order chi connectivity index (χ0) is 15.4. The zero-order valence-electron chi connectivity index (χ0n) is 11.9. The SMILES string of the molecule is CC(OC(=O)c1ccc(N)cc1N)C(=O)N1CCOCC1. The molecule has 1 fully saturated rings. The van der Waals surface area contributed by atoms with Crippen molar-refractivity contribution >= 4 is 23.3 Å². The molecule has 1 atom stereocenters. The maximum atomic E-state index is 12.1. The van der Waals surface area contributed by atoms with E-state index in [4.69, 9.17) is 20.9 Å². The van der Waals surface area contributed by atoms with Crippen LogP contribution in [0.1, 0.15) is 17.3 Å². The van der Waals surface area contributed by atoms with Crippen molar-refractivity contribution in [2.75, 3.05) is 37.8 Å². The minimum Gasteiger partial charge on any atom is -0.449 e. The standard InChI is InChI=1S/C14H19N3O4/c1-9(13(18)17-4-6-20-7-5-17)21-14(19)11-3-2-10(15)8-12(11)16/h2-3,8-9H,4-7,15-16H2,1H3. The first-order valence-corrected chi connectivity index (χ1v) is 6.71. The van der Waals surface area contributed by atoms with Gasteiger partial charge in [0.25, 0.3) is 5.91 Å². The van der Waals surface area contributed by atoms with Gasteiger partial charge in [0.15, 0.2) is 6.10 Å². The third kappa shape index (κ3) is 3.63. The number of carbonyl (C=O) groups excluding carboxylic acids is 2. The zero-order valence-corrected chi connectivity index (χ0v) is 11.9. The summed E-state index contributed by atoms with van der Waals surface area (Å²) in [4.78, 5) is 25.8. The highest BCUT2D eigenvalue weighted by Gasteiger charge is 2.26. The topological polar surface area (TPSA) is 108 Å². The van der Waals surface area contributed by atoms with E-state index in [9.17, 15) is 9.59 Å². The molecule has 0 bridgehead atoms. The third-order valence-electron chi connectivity index (χ3n) is 3.25. The van der Waals surface area contributed by atoms with Crippen LogP contribution in [0.25, 0.3) is 0 Å². The van der Waals surface area contributed by atoms with E-state index in [1.54, 1.807) is 17.9 Å². The maximum absolute atomic E-state index is 12.1. The van der Waals surface area contributed by atoms with Gasteiger partial charge in [-0.15, -0.1) is 0 Å². The summed E-state index contributed by atoms with van der Waals surface area (Å²) in [7, 11) is 0. The normalized spacial score (nSPS) is 16.3. The van der Waals surface area contributed by atoms with Crippen LogP contribution in [0.15, 0.2) is 18.2 Å². The molecule has 2 rings (SSSR count). The highest BCUT2D eigenvalue weighted by molar-refractivity contribution is 5.97. The molecule has 1 heterocycles. The number of benzene rings is 1. The van der Waals surface area contributed by atoms with Crippen molar-refractivity contribution in [1.29, 1.82) is 0 Å². The Hall–Kier alpha value is -2.28. The molecule has 1 aliphatic heterocycles. The molecular formula is C14H19N3O4. The van der Waals surface area contributed by atoms with Gasteiger partial charge in [-0.1, -0.05) is 0 Å². The minimum atomic E-state index is -0.868. The molecular weight excluding hydrogens is 274 g/mol. The summed E-state index contributed by atoms with van der Waals surface area (Å²) >= 11 is 0. The van der Waals surface area contributed by atoms with E-state index < -0.39 is 12.1 Å². The number of hydrogen-bond acceptors (Lipinski definition) is 6. The highest BCUT2D eigenvalue weighted by Crippen LogP contribution is 2.17. The second-order valence-electron chi connectivity index (χ2n) is 4.83. The first kappa shape index (κ1) is 15.1. The molecule has 0 spiro atoms. The summed E-state index contributed by atoms with van der Waals surface area (Å²) in [6.45, 7) is 3.55. The van der Waals surface area contributed by atoms with E-state index in [1.165, 1.54) is 12.1 Å². The summed E-state index contributed by atoms with van der Waals surface area (Å²) in [6, 6.07) is 4.52. The van der Waals surface area contributed by atoms with Gasteiger partial charge >= 0.3 is 5.97 Å². The lowest BCUT2D eigenvalue weighted by Gasteiger charge is -2.29. The first-order valence-electron chi connectivity index (χ1n) is 6.71. The Bertz CT molecular complexity index is 541. The van der Waals surface area contributed by atoms with Crippen LogP contribution in [0, 0.1) is 0 Å². The Kier molecular flexibility index (Phi) is 4.64. The lowest BCUT2D eigenvalue weighted by Crippen LogP contribution is -2.46. The van der Waals surface area contributed by atoms with Gasteiger partial charge in [0.05, 0.1) is 18.8 Å². The van der Waals surface area contributed by atoms with Crippen LogP contribution in [0.5, 0.6) is 0 Å². The fourth-order valence-corrected chi connectivity index (χ4v) is 2.08. The molecule has 21 heavy (non-hydrogen) atoms. The lowest BCUT2D eigenvalue weighted by atomic mass is 10.1. The predicted molar refractivity (Wildman–Crippen MR) is 77.5 cm³/mol. The lowest BCUT2D eigenvalue weighted by molar-refractivity contribution is -0.143. The third-order valence-corrected chi connectivity index (χ3v) is 3.25. The number of esters is 1. The highest BCUT2D eigenvalue weighted by atomic mass is 16.5. The molecule has 0 saturated carbocycles. The van der Waals surface area contributed by atoms with Crippen molar-refractivity contribution < 1.29 is 19.1 Å². The maximum Gasteiger partial charge on any atom is 0.341 e.